The molecular weight excluding hydrogens is 224 g/mol. The summed E-state index contributed by atoms with van der Waals surface area (Å²) in [5.74, 6) is 1.65. The van der Waals surface area contributed by atoms with Crippen molar-refractivity contribution in [2.45, 2.75) is 59.4 Å². The van der Waals surface area contributed by atoms with Crippen molar-refractivity contribution in [3.05, 3.63) is 11.8 Å². The molecule has 1 rings (SSSR count). The van der Waals surface area contributed by atoms with E-state index in [4.69, 9.17) is 0 Å². The molecule has 0 aliphatic rings. The van der Waals surface area contributed by atoms with Gasteiger partial charge in [0, 0.05) is 23.8 Å². The minimum Gasteiger partial charge on any atom is -0.364 e. The van der Waals surface area contributed by atoms with E-state index in [9.17, 15) is 0 Å². The van der Waals surface area contributed by atoms with Gasteiger partial charge in [0.05, 0.1) is 0 Å². The van der Waals surface area contributed by atoms with Crippen molar-refractivity contribution in [3.8, 4) is 0 Å². The maximum absolute atomic E-state index is 4.56. The Morgan fingerprint density at radius 3 is 2.22 bits per heavy atom. The van der Waals surface area contributed by atoms with Crippen molar-refractivity contribution in [2.24, 2.45) is 0 Å². The summed E-state index contributed by atoms with van der Waals surface area (Å²) in [6, 6.07) is 0. The van der Waals surface area contributed by atoms with Crippen molar-refractivity contribution in [1.82, 2.24) is 9.97 Å². The predicted molar refractivity (Wildman–Crippen MR) is 78.2 cm³/mol. The lowest BCUT2D eigenvalue weighted by molar-refractivity contribution is 0.418. The summed E-state index contributed by atoms with van der Waals surface area (Å²) < 4.78 is 0. The van der Waals surface area contributed by atoms with Gasteiger partial charge >= 0.3 is 0 Å². The Balaban J connectivity index is 2.97. The highest BCUT2D eigenvalue weighted by Crippen LogP contribution is 2.26. The molecule has 0 fully saturated rings. The fourth-order valence-electron chi connectivity index (χ4n) is 2.08. The maximum atomic E-state index is 4.56. The standard InChI is InChI=1S/C14H26N4/c1-6-14(7-2,8-3)18-12-11(5)10-16-13(17-12)15-9-4/h10H,6-9H2,1-5H3,(H2,15,16,17,18). The number of nitrogens with zero attached hydrogens (tertiary/aromatic N) is 2. The molecule has 1 aromatic rings. The fraction of sp³-hybridized carbons (Fsp3) is 0.714. The van der Waals surface area contributed by atoms with Gasteiger partial charge in [-0.3, -0.25) is 0 Å². The molecule has 0 atom stereocenters. The van der Waals surface area contributed by atoms with E-state index in [0.29, 0.717) is 5.95 Å². The van der Waals surface area contributed by atoms with Crippen molar-refractivity contribution < 1.29 is 0 Å². The Labute approximate surface area is 111 Å². The van der Waals surface area contributed by atoms with Crippen molar-refractivity contribution in [3.63, 3.8) is 0 Å². The van der Waals surface area contributed by atoms with E-state index in [0.717, 1.165) is 37.2 Å². The minimum absolute atomic E-state index is 0.141. The van der Waals surface area contributed by atoms with E-state index in [1.54, 1.807) is 0 Å². The first-order valence-electron chi connectivity index (χ1n) is 6.96. The zero-order valence-electron chi connectivity index (χ0n) is 12.3. The second-order valence-corrected chi connectivity index (χ2v) is 4.72. The molecule has 102 valence electrons. The van der Waals surface area contributed by atoms with E-state index in [2.05, 4.69) is 41.4 Å². The summed E-state index contributed by atoms with van der Waals surface area (Å²) in [6.07, 6.45) is 5.17. The molecule has 1 aromatic heterocycles. The van der Waals surface area contributed by atoms with E-state index >= 15 is 0 Å². The monoisotopic (exact) mass is 250 g/mol. The Morgan fingerprint density at radius 2 is 1.72 bits per heavy atom. The van der Waals surface area contributed by atoms with Crippen LogP contribution in [0.3, 0.4) is 0 Å². The van der Waals surface area contributed by atoms with Crippen LogP contribution in [0.5, 0.6) is 0 Å². The zero-order valence-corrected chi connectivity index (χ0v) is 12.3. The molecule has 0 radical (unpaired) electrons. The molecule has 0 amide bonds. The van der Waals surface area contributed by atoms with Gasteiger partial charge in [0.15, 0.2) is 0 Å². The van der Waals surface area contributed by atoms with Crippen LogP contribution in [-0.2, 0) is 0 Å². The molecule has 0 saturated heterocycles. The topological polar surface area (TPSA) is 49.8 Å². The van der Waals surface area contributed by atoms with Crippen molar-refractivity contribution in [1.29, 1.82) is 0 Å². The smallest absolute Gasteiger partial charge is 0.224 e. The third kappa shape index (κ3) is 3.34. The minimum atomic E-state index is 0.141. The van der Waals surface area contributed by atoms with Gasteiger partial charge in [-0.25, -0.2) is 4.98 Å². The average Bonchev–Trinajstić information content (AvgIpc) is 2.40. The average molecular weight is 250 g/mol. The summed E-state index contributed by atoms with van der Waals surface area (Å²) in [4.78, 5) is 8.83. The van der Waals surface area contributed by atoms with Crippen LogP contribution >= 0.6 is 0 Å². The Hall–Kier alpha value is -1.32. The summed E-state index contributed by atoms with van der Waals surface area (Å²) in [7, 11) is 0. The van der Waals surface area contributed by atoms with Crippen LogP contribution < -0.4 is 10.6 Å². The summed E-state index contributed by atoms with van der Waals surface area (Å²) in [6.45, 7) is 11.6. The Bertz CT molecular complexity index is 364. The molecule has 4 nitrogen and oxygen atoms in total. The van der Waals surface area contributed by atoms with E-state index in [1.165, 1.54) is 0 Å². The second-order valence-electron chi connectivity index (χ2n) is 4.72. The number of hydrogen-bond donors (Lipinski definition) is 2. The number of rotatable bonds is 7. The molecule has 0 spiro atoms. The number of aromatic nitrogens is 2. The quantitative estimate of drug-likeness (QED) is 0.776. The molecule has 0 aliphatic heterocycles. The second kappa shape index (κ2) is 6.57. The van der Waals surface area contributed by atoms with Crippen LogP contribution in [0, 0.1) is 6.92 Å². The van der Waals surface area contributed by atoms with E-state index in [-0.39, 0.29) is 5.54 Å². The van der Waals surface area contributed by atoms with Gasteiger partial charge in [0.25, 0.3) is 0 Å². The number of hydrogen-bond acceptors (Lipinski definition) is 4. The third-order valence-corrected chi connectivity index (χ3v) is 3.72. The molecule has 0 unspecified atom stereocenters. The first-order chi connectivity index (χ1) is 8.60. The maximum Gasteiger partial charge on any atom is 0.224 e. The highest BCUT2D eigenvalue weighted by Gasteiger charge is 2.24. The molecule has 4 heteroatoms. The van der Waals surface area contributed by atoms with Gasteiger partial charge in [0.1, 0.15) is 5.82 Å². The van der Waals surface area contributed by atoms with Gasteiger partial charge in [-0.15, -0.1) is 0 Å². The number of aryl methyl sites for hydroxylation is 1. The summed E-state index contributed by atoms with van der Waals surface area (Å²) in [5, 5.41) is 6.77. The fourth-order valence-corrected chi connectivity index (χ4v) is 2.08. The molecule has 1 heterocycles. The number of nitrogens with one attached hydrogen (secondary N) is 2. The SMILES string of the molecule is CCNc1ncc(C)c(NC(CC)(CC)CC)n1. The highest BCUT2D eigenvalue weighted by atomic mass is 15.2. The molecule has 0 saturated carbocycles. The highest BCUT2D eigenvalue weighted by molar-refractivity contribution is 5.48. The predicted octanol–water partition coefficient (Wildman–Crippen LogP) is 3.60. The molecule has 0 bridgehead atoms. The normalized spacial score (nSPS) is 11.4. The van der Waals surface area contributed by atoms with Crippen LogP contribution in [-0.4, -0.2) is 22.1 Å². The first-order valence-corrected chi connectivity index (χ1v) is 6.96. The third-order valence-electron chi connectivity index (χ3n) is 3.72. The summed E-state index contributed by atoms with van der Waals surface area (Å²) in [5.41, 5.74) is 1.24. The van der Waals surface area contributed by atoms with Gasteiger partial charge in [-0.2, -0.15) is 4.98 Å². The zero-order chi connectivity index (χ0) is 13.6. The largest absolute Gasteiger partial charge is 0.364 e. The summed E-state index contributed by atoms with van der Waals surface area (Å²) >= 11 is 0. The number of anilines is 2. The van der Waals surface area contributed by atoms with E-state index < -0.39 is 0 Å². The van der Waals surface area contributed by atoms with Gasteiger partial charge in [0.2, 0.25) is 5.95 Å². The van der Waals surface area contributed by atoms with Gasteiger partial charge in [-0.1, -0.05) is 20.8 Å². The van der Waals surface area contributed by atoms with Crippen LogP contribution in [0.1, 0.15) is 52.5 Å². The molecule has 2 N–H and O–H groups in total. The van der Waals surface area contributed by atoms with Gasteiger partial charge in [-0.05, 0) is 33.1 Å². The lowest BCUT2D eigenvalue weighted by atomic mass is 9.89. The molecule has 0 aliphatic carbocycles. The van der Waals surface area contributed by atoms with Gasteiger partial charge < -0.3 is 10.6 Å². The molecule has 0 aromatic carbocycles. The Morgan fingerprint density at radius 1 is 1.11 bits per heavy atom. The van der Waals surface area contributed by atoms with Crippen molar-refractivity contribution in [2.75, 3.05) is 17.2 Å². The molecule has 18 heavy (non-hydrogen) atoms. The van der Waals surface area contributed by atoms with Crippen LogP contribution in [0.2, 0.25) is 0 Å². The van der Waals surface area contributed by atoms with Crippen LogP contribution in [0.4, 0.5) is 11.8 Å². The lowest BCUT2D eigenvalue weighted by Crippen LogP contribution is -2.36. The van der Waals surface area contributed by atoms with E-state index in [1.807, 2.05) is 20.0 Å². The van der Waals surface area contributed by atoms with Crippen LogP contribution in [0.25, 0.3) is 0 Å². The van der Waals surface area contributed by atoms with Crippen molar-refractivity contribution >= 4 is 11.8 Å². The lowest BCUT2D eigenvalue weighted by Gasteiger charge is -2.33. The first kappa shape index (κ1) is 14.7. The van der Waals surface area contributed by atoms with Crippen LogP contribution in [0.15, 0.2) is 6.20 Å². The molecular formula is C14H26N4. The Kier molecular flexibility index (Phi) is 5.38.